The summed E-state index contributed by atoms with van der Waals surface area (Å²) in [7, 11) is -3.57. The number of carbonyl (C=O) groups is 1. The highest BCUT2D eigenvalue weighted by Crippen LogP contribution is 2.31. The second-order valence-electron chi connectivity index (χ2n) is 7.04. The van der Waals surface area contributed by atoms with Crippen LogP contribution in [0.1, 0.15) is 36.8 Å². The van der Waals surface area contributed by atoms with E-state index in [-0.39, 0.29) is 29.5 Å². The Morgan fingerprint density at radius 3 is 2.92 bits per heavy atom. The summed E-state index contributed by atoms with van der Waals surface area (Å²) in [6.07, 6.45) is 3.79. The number of amidine groups is 1. The predicted molar refractivity (Wildman–Crippen MR) is 95.9 cm³/mol. The van der Waals surface area contributed by atoms with Crippen LogP contribution in [0.25, 0.3) is 0 Å². The first-order chi connectivity index (χ1) is 12.4. The number of fused-ring (bicyclic) bond motifs is 1. The molecular formula is C17H22N4O4S. The number of nitrogens with two attached hydrogens (primary N) is 1. The van der Waals surface area contributed by atoms with E-state index in [0.29, 0.717) is 23.5 Å². The zero-order valence-corrected chi connectivity index (χ0v) is 15.2. The number of amides is 1. The van der Waals surface area contributed by atoms with E-state index in [4.69, 9.17) is 10.5 Å². The number of nitrogens with one attached hydrogen (secondary N) is 1. The molecule has 0 spiro atoms. The van der Waals surface area contributed by atoms with Crippen molar-refractivity contribution in [2.75, 3.05) is 13.2 Å². The maximum atomic E-state index is 12.2. The molecule has 26 heavy (non-hydrogen) atoms. The van der Waals surface area contributed by atoms with Gasteiger partial charge in [-0.1, -0.05) is 12.1 Å². The molecule has 3 N–H and O–H groups in total. The fourth-order valence-corrected chi connectivity index (χ4v) is 4.50. The highest BCUT2D eigenvalue weighted by molar-refractivity contribution is 7.89. The van der Waals surface area contributed by atoms with Gasteiger partial charge in [0.15, 0.2) is 0 Å². The van der Waals surface area contributed by atoms with E-state index in [0.717, 1.165) is 32.2 Å². The van der Waals surface area contributed by atoms with Gasteiger partial charge in [-0.15, -0.1) is 4.40 Å². The molecule has 140 valence electrons. The molecule has 1 saturated carbocycles. The van der Waals surface area contributed by atoms with Gasteiger partial charge in [0.25, 0.3) is 10.0 Å². The molecule has 3 aliphatic rings. The summed E-state index contributed by atoms with van der Waals surface area (Å²) in [6, 6.07) is 5.25. The average molecular weight is 378 g/mol. The largest absolute Gasteiger partial charge is 0.491 e. The van der Waals surface area contributed by atoms with Crippen LogP contribution >= 0.6 is 0 Å². The summed E-state index contributed by atoms with van der Waals surface area (Å²) in [6.45, 7) is 1.09. The lowest BCUT2D eigenvalue weighted by molar-refractivity contribution is -0.138. The van der Waals surface area contributed by atoms with Crippen LogP contribution in [0.5, 0.6) is 5.75 Å². The van der Waals surface area contributed by atoms with Crippen molar-refractivity contribution in [2.45, 2.75) is 37.5 Å². The number of rotatable bonds is 4. The molecular weight excluding hydrogens is 356 g/mol. The monoisotopic (exact) mass is 378 g/mol. The fourth-order valence-electron chi connectivity index (χ4n) is 3.41. The number of sulfonamides is 1. The Morgan fingerprint density at radius 2 is 2.15 bits per heavy atom. The highest BCUT2D eigenvalue weighted by Gasteiger charge is 2.35. The van der Waals surface area contributed by atoms with E-state index in [1.807, 2.05) is 0 Å². The molecule has 0 aromatic heterocycles. The molecule has 2 heterocycles. The molecule has 2 aliphatic heterocycles. The summed E-state index contributed by atoms with van der Waals surface area (Å²) in [5.74, 6) is 0.663. The lowest BCUT2D eigenvalue weighted by atomic mass is 10.1. The maximum Gasteiger partial charge on any atom is 0.259 e. The van der Waals surface area contributed by atoms with Crippen LogP contribution < -0.4 is 15.9 Å². The predicted octanol–water partition coefficient (Wildman–Crippen LogP) is 0.520. The molecule has 4 rings (SSSR count). The van der Waals surface area contributed by atoms with E-state index < -0.39 is 10.0 Å². The average Bonchev–Trinajstić information content (AvgIpc) is 3.43. The van der Waals surface area contributed by atoms with Crippen LogP contribution in [0.3, 0.4) is 0 Å². The van der Waals surface area contributed by atoms with E-state index in [1.165, 1.54) is 0 Å². The fraction of sp³-hybridized carbons (Fsp3) is 0.529. The second-order valence-corrected chi connectivity index (χ2v) is 8.67. The Hall–Kier alpha value is -2.13. The minimum atomic E-state index is -3.57. The van der Waals surface area contributed by atoms with Gasteiger partial charge in [-0.2, -0.15) is 0 Å². The number of hydrogen-bond acceptors (Lipinski definition) is 6. The standard InChI is InChI=1S/C17H22N4O4S/c18-16-15-12(10-26(23,24)20-16)3-1-5-14(15)25-9-13-4-2-8-21(19-13)17(22)11-6-7-11/h1,3,5,11,13,19H,2,4,6-10H2,(H2,18,20)/t13-/m1/s1. The Kier molecular flexibility index (Phi) is 4.36. The lowest BCUT2D eigenvalue weighted by Crippen LogP contribution is -2.54. The van der Waals surface area contributed by atoms with Crippen LogP contribution in [0.15, 0.2) is 22.6 Å². The first kappa shape index (κ1) is 17.3. The Labute approximate surface area is 152 Å². The Morgan fingerprint density at radius 1 is 1.35 bits per heavy atom. The Bertz CT molecular complexity index is 864. The van der Waals surface area contributed by atoms with Crippen molar-refractivity contribution in [1.82, 2.24) is 10.4 Å². The molecule has 0 radical (unpaired) electrons. The number of benzene rings is 1. The first-order valence-electron chi connectivity index (χ1n) is 8.84. The van der Waals surface area contributed by atoms with Crippen LogP contribution in [-0.4, -0.2) is 44.4 Å². The van der Waals surface area contributed by atoms with E-state index in [1.54, 1.807) is 23.2 Å². The molecule has 9 heteroatoms. The summed E-state index contributed by atoms with van der Waals surface area (Å²) in [5.41, 5.74) is 10.2. The number of carbonyl (C=O) groups excluding carboxylic acids is 1. The first-order valence-corrected chi connectivity index (χ1v) is 10.4. The molecule has 2 fully saturated rings. The molecule has 0 unspecified atom stereocenters. The lowest BCUT2D eigenvalue weighted by Gasteiger charge is -2.34. The van der Waals surface area contributed by atoms with Crippen LogP contribution in [0, 0.1) is 5.92 Å². The highest BCUT2D eigenvalue weighted by atomic mass is 32.2. The van der Waals surface area contributed by atoms with Gasteiger partial charge < -0.3 is 10.5 Å². The third kappa shape index (κ3) is 3.54. The van der Waals surface area contributed by atoms with Crippen LogP contribution in [-0.2, 0) is 20.6 Å². The van der Waals surface area contributed by atoms with Gasteiger partial charge in [0, 0.05) is 12.5 Å². The van der Waals surface area contributed by atoms with Crippen LogP contribution in [0.4, 0.5) is 0 Å². The summed E-state index contributed by atoms with van der Waals surface area (Å²) in [4.78, 5) is 12.2. The molecule has 1 aliphatic carbocycles. The van der Waals surface area contributed by atoms with Crippen molar-refractivity contribution in [1.29, 1.82) is 0 Å². The molecule has 1 amide bonds. The van der Waals surface area contributed by atoms with Gasteiger partial charge in [0.05, 0.1) is 17.4 Å². The zero-order valence-electron chi connectivity index (χ0n) is 14.3. The minimum Gasteiger partial charge on any atom is -0.491 e. The SMILES string of the molecule is NC1=NS(=O)(=O)Cc2cccc(OC[C@H]3CCCN(C(=O)C4CC4)N3)c21. The van der Waals surface area contributed by atoms with Gasteiger partial charge >= 0.3 is 0 Å². The van der Waals surface area contributed by atoms with Crippen molar-refractivity contribution >= 4 is 21.8 Å². The van der Waals surface area contributed by atoms with Gasteiger partial charge in [-0.05, 0) is 37.3 Å². The molecule has 8 nitrogen and oxygen atoms in total. The smallest absolute Gasteiger partial charge is 0.259 e. The van der Waals surface area contributed by atoms with Crippen molar-refractivity contribution in [3.63, 3.8) is 0 Å². The number of nitrogens with zero attached hydrogens (tertiary/aromatic N) is 2. The number of hydrazine groups is 1. The zero-order chi connectivity index (χ0) is 18.3. The van der Waals surface area contributed by atoms with Gasteiger partial charge in [-0.3, -0.25) is 9.80 Å². The van der Waals surface area contributed by atoms with Crippen LogP contribution in [0.2, 0.25) is 0 Å². The molecule has 0 bridgehead atoms. The van der Waals surface area contributed by atoms with Gasteiger partial charge in [0.2, 0.25) is 5.91 Å². The normalized spacial score (nSPS) is 24.5. The van der Waals surface area contributed by atoms with E-state index in [2.05, 4.69) is 9.82 Å². The van der Waals surface area contributed by atoms with Crippen molar-refractivity contribution in [3.05, 3.63) is 29.3 Å². The van der Waals surface area contributed by atoms with Gasteiger partial charge in [-0.25, -0.2) is 13.8 Å². The van der Waals surface area contributed by atoms with Gasteiger partial charge in [0.1, 0.15) is 18.2 Å². The molecule has 1 aromatic rings. The second kappa shape index (κ2) is 6.55. The Balaban J connectivity index is 1.45. The molecule has 1 atom stereocenters. The topological polar surface area (TPSA) is 114 Å². The van der Waals surface area contributed by atoms with Crippen molar-refractivity contribution in [3.8, 4) is 5.75 Å². The summed E-state index contributed by atoms with van der Waals surface area (Å²) in [5, 5.41) is 1.72. The molecule has 1 saturated heterocycles. The summed E-state index contributed by atoms with van der Waals surface area (Å²) < 4.78 is 33.0. The van der Waals surface area contributed by atoms with Crippen molar-refractivity contribution < 1.29 is 17.9 Å². The van der Waals surface area contributed by atoms with E-state index >= 15 is 0 Å². The third-order valence-electron chi connectivity index (χ3n) is 4.85. The third-order valence-corrected chi connectivity index (χ3v) is 6.00. The van der Waals surface area contributed by atoms with Crippen molar-refractivity contribution in [2.24, 2.45) is 16.0 Å². The summed E-state index contributed by atoms with van der Waals surface area (Å²) >= 11 is 0. The number of ether oxygens (including phenoxy) is 1. The maximum absolute atomic E-state index is 12.2. The quantitative estimate of drug-likeness (QED) is 0.789. The van der Waals surface area contributed by atoms with E-state index in [9.17, 15) is 13.2 Å². The minimum absolute atomic E-state index is 0.0211. The molecule has 1 aromatic carbocycles. The number of hydrogen-bond donors (Lipinski definition) is 2.